The summed E-state index contributed by atoms with van der Waals surface area (Å²) in [7, 11) is 1.94. The number of amides is 2. The molecule has 0 bridgehead atoms. The summed E-state index contributed by atoms with van der Waals surface area (Å²) in [5.74, 6) is -0.0774. The highest BCUT2D eigenvalue weighted by atomic mass is 16.2. The third-order valence-electron chi connectivity index (χ3n) is 5.38. The van der Waals surface area contributed by atoms with Gasteiger partial charge in [0.15, 0.2) is 0 Å². The lowest BCUT2D eigenvalue weighted by atomic mass is 10.0. The van der Waals surface area contributed by atoms with Crippen molar-refractivity contribution in [2.24, 2.45) is 0 Å². The first-order chi connectivity index (χ1) is 13.6. The molecule has 2 atom stereocenters. The van der Waals surface area contributed by atoms with Crippen molar-refractivity contribution < 1.29 is 9.59 Å². The number of piperidine rings is 1. The molecule has 1 saturated heterocycles. The fourth-order valence-electron chi connectivity index (χ4n) is 3.63. The molecule has 0 radical (unpaired) electrons. The molecule has 1 aliphatic rings. The number of benzene rings is 2. The molecule has 5 heteroatoms. The number of rotatable bonds is 6. The summed E-state index contributed by atoms with van der Waals surface area (Å²) >= 11 is 0. The topological polar surface area (TPSA) is 61.4 Å². The van der Waals surface area contributed by atoms with Gasteiger partial charge in [-0.2, -0.15) is 0 Å². The van der Waals surface area contributed by atoms with Crippen LogP contribution in [0.4, 0.5) is 0 Å². The number of nitrogens with one attached hydrogen (secondary N) is 2. The Balaban J connectivity index is 1.73. The van der Waals surface area contributed by atoms with Crippen LogP contribution >= 0.6 is 0 Å². The maximum Gasteiger partial charge on any atom is 0.251 e. The molecule has 0 spiro atoms. The monoisotopic (exact) mass is 379 g/mol. The Bertz CT molecular complexity index is 789. The molecule has 3 rings (SSSR count). The standard InChI is InChI=1S/C23H29N3O2/c1-17-10-12-19(13-11-17)23(28)25-21(18-7-4-3-5-8-18)15-22(27)26-14-6-9-20(16-26)24-2/h3-5,7-8,10-13,20-21,24H,6,9,14-16H2,1-2H3,(H,25,28). The fourth-order valence-corrected chi connectivity index (χ4v) is 3.63. The van der Waals surface area contributed by atoms with Crippen LogP contribution in [0.5, 0.6) is 0 Å². The molecule has 2 amide bonds. The van der Waals surface area contributed by atoms with Crippen molar-refractivity contribution in [1.82, 2.24) is 15.5 Å². The van der Waals surface area contributed by atoms with Crippen molar-refractivity contribution in [1.29, 1.82) is 0 Å². The highest BCUT2D eigenvalue weighted by Crippen LogP contribution is 2.20. The van der Waals surface area contributed by atoms with Crippen molar-refractivity contribution in [2.45, 2.75) is 38.3 Å². The predicted octanol–water partition coefficient (Wildman–Crippen LogP) is 3.07. The molecule has 2 N–H and O–H groups in total. The molecule has 1 aliphatic heterocycles. The summed E-state index contributed by atoms with van der Waals surface area (Å²) in [5.41, 5.74) is 2.65. The second kappa shape index (κ2) is 9.51. The van der Waals surface area contributed by atoms with E-state index in [-0.39, 0.29) is 24.3 Å². The summed E-state index contributed by atoms with van der Waals surface area (Å²) in [4.78, 5) is 27.6. The zero-order valence-electron chi connectivity index (χ0n) is 16.7. The minimum atomic E-state index is -0.350. The van der Waals surface area contributed by atoms with Crippen LogP contribution < -0.4 is 10.6 Å². The minimum Gasteiger partial charge on any atom is -0.345 e. The van der Waals surface area contributed by atoms with E-state index in [1.54, 1.807) is 0 Å². The lowest BCUT2D eigenvalue weighted by Crippen LogP contribution is -2.47. The van der Waals surface area contributed by atoms with Crippen molar-refractivity contribution in [2.75, 3.05) is 20.1 Å². The highest BCUT2D eigenvalue weighted by molar-refractivity contribution is 5.94. The first-order valence-corrected chi connectivity index (χ1v) is 9.94. The minimum absolute atomic E-state index is 0.0815. The smallest absolute Gasteiger partial charge is 0.251 e. The van der Waals surface area contributed by atoms with E-state index in [0.717, 1.165) is 37.1 Å². The van der Waals surface area contributed by atoms with Crippen LogP contribution in [-0.4, -0.2) is 42.9 Å². The highest BCUT2D eigenvalue weighted by Gasteiger charge is 2.26. The van der Waals surface area contributed by atoms with Crippen LogP contribution in [0.25, 0.3) is 0 Å². The van der Waals surface area contributed by atoms with Gasteiger partial charge >= 0.3 is 0 Å². The van der Waals surface area contributed by atoms with Crippen LogP contribution in [-0.2, 0) is 4.79 Å². The molecule has 2 unspecified atom stereocenters. The SMILES string of the molecule is CNC1CCCN(C(=O)CC(NC(=O)c2ccc(C)cc2)c2ccccc2)C1. The van der Waals surface area contributed by atoms with E-state index in [9.17, 15) is 9.59 Å². The van der Waals surface area contributed by atoms with Crippen molar-refractivity contribution in [3.63, 3.8) is 0 Å². The van der Waals surface area contributed by atoms with E-state index < -0.39 is 0 Å². The number of likely N-dealkylation sites (tertiary alicyclic amines) is 1. The number of likely N-dealkylation sites (N-methyl/N-ethyl adjacent to an activating group) is 1. The lowest BCUT2D eigenvalue weighted by molar-refractivity contribution is -0.133. The largest absolute Gasteiger partial charge is 0.345 e. The molecule has 1 fully saturated rings. The van der Waals surface area contributed by atoms with Crippen LogP contribution in [0.2, 0.25) is 0 Å². The van der Waals surface area contributed by atoms with Crippen LogP contribution in [0, 0.1) is 6.92 Å². The number of aryl methyl sites for hydroxylation is 1. The molecule has 0 aromatic heterocycles. The number of hydrogen-bond donors (Lipinski definition) is 2. The Hall–Kier alpha value is -2.66. The molecule has 2 aromatic carbocycles. The summed E-state index contributed by atoms with van der Waals surface area (Å²) in [6.45, 7) is 3.50. The molecule has 1 heterocycles. The molecule has 2 aromatic rings. The Labute approximate surface area is 167 Å². The van der Waals surface area contributed by atoms with Crippen molar-refractivity contribution in [3.05, 3.63) is 71.3 Å². The van der Waals surface area contributed by atoms with Gasteiger partial charge in [0.1, 0.15) is 0 Å². The van der Waals surface area contributed by atoms with Gasteiger partial charge in [0.2, 0.25) is 5.91 Å². The summed E-state index contributed by atoms with van der Waals surface area (Å²) in [5, 5.41) is 6.33. The van der Waals surface area contributed by atoms with Gasteiger partial charge in [-0.25, -0.2) is 0 Å². The van der Waals surface area contributed by atoms with Crippen molar-refractivity contribution in [3.8, 4) is 0 Å². The van der Waals surface area contributed by atoms with Gasteiger partial charge < -0.3 is 15.5 Å². The Morgan fingerprint density at radius 1 is 1.11 bits per heavy atom. The molecule has 0 saturated carbocycles. The maximum absolute atomic E-state index is 13.0. The van der Waals surface area contributed by atoms with Crippen LogP contribution in [0.15, 0.2) is 54.6 Å². The maximum atomic E-state index is 13.0. The predicted molar refractivity (Wildman–Crippen MR) is 111 cm³/mol. The Kier molecular flexibility index (Phi) is 6.82. The Morgan fingerprint density at radius 2 is 1.82 bits per heavy atom. The number of carbonyl (C=O) groups excluding carboxylic acids is 2. The van der Waals surface area contributed by atoms with E-state index in [1.807, 2.05) is 73.5 Å². The quantitative estimate of drug-likeness (QED) is 0.811. The van der Waals surface area contributed by atoms with E-state index in [1.165, 1.54) is 0 Å². The van der Waals surface area contributed by atoms with Gasteiger partial charge in [-0.1, -0.05) is 48.0 Å². The third kappa shape index (κ3) is 5.20. The van der Waals surface area contributed by atoms with Gasteiger partial charge in [-0.05, 0) is 44.5 Å². The second-order valence-corrected chi connectivity index (χ2v) is 7.47. The van der Waals surface area contributed by atoms with Crippen molar-refractivity contribution >= 4 is 11.8 Å². The van der Waals surface area contributed by atoms with Gasteiger partial charge in [-0.3, -0.25) is 9.59 Å². The third-order valence-corrected chi connectivity index (χ3v) is 5.38. The second-order valence-electron chi connectivity index (χ2n) is 7.47. The summed E-state index contributed by atoms with van der Waals surface area (Å²) in [6.07, 6.45) is 2.35. The zero-order valence-corrected chi connectivity index (χ0v) is 16.7. The lowest BCUT2D eigenvalue weighted by Gasteiger charge is -2.33. The number of hydrogen-bond acceptors (Lipinski definition) is 3. The zero-order chi connectivity index (χ0) is 19.9. The number of carbonyl (C=O) groups is 2. The van der Waals surface area contributed by atoms with E-state index in [2.05, 4.69) is 10.6 Å². The fraction of sp³-hybridized carbons (Fsp3) is 0.391. The van der Waals surface area contributed by atoms with Gasteiger partial charge in [-0.15, -0.1) is 0 Å². The molecular formula is C23H29N3O2. The van der Waals surface area contributed by atoms with Gasteiger partial charge in [0.25, 0.3) is 5.91 Å². The first-order valence-electron chi connectivity index (χ1n) is 9.94. The van der Waals surface area contributed by atoms with E-state index >= 15 is 0 Å². The number of nitrogens with zero attached hydrogens (tertiary/aromatic N) is 1. The molecule has 148 valence electrons. The normalized spacial score (nSPS) is 17.8. The molecular weight excluding hydrogens is 350 g/mol. The average molecular weight is 380 g/mol. The van der Waals surface area contributed by atoms with E-state index in [0.29, 0.717) is 11.6 Å². The first kappa shape index (κ1) is 20.1. The van der Waals surface area contributed by atoms with Crippen LogP contribution in [0.3, 0.4) is 0 Å². The summed E-state index contributed by atoms with van der Waals surface area (Å²) < 4.78 is 0. The summed E-state index contributed by atoms with van der Waals surface area (Å²) in [6, 6.07) is 17.2. The average Bonchev–Trinajstić information content (AvgIpc) is 2.74. The van der Waals surface area contributed by atoms with Crippen LogP contribution in [0.1, 0.15) is 46.8 Å². The van der Waals surface area contributed by atoms with E-state index in [4.69, 9.17) is 0 Å². The Morgan fingerprint density at radius 3 is 2.50 bits per heavy atom. The molecule has 0 aliphatic carbocycles. The van der Waals surface area contributed by atoms with Gasteiger partial charge in [0.05, 0.1) is 12.5 Å². The molecule has 5 nitrogen and oxygen atoms in total. The molecule has 28 heavy (non-hydrogen) atoms. The van der Waals surface area contributed by atoms with Gasteiger partial charge in [0, 0.05) is 24.7 Å².